The van der Waals surface area contributed by atoms with Crippen LogP contribution < -0.4 is 5.32 Å². The van der Waals surface area contributed by atoms with Crippen molar-refractivity contribution in [2.24, 2.45) is 7.05 Å². The Bertz CT molecular complexity index is 588. The zero-order valence-electron chi connectivity index (χ0n) is 13.0. The highest BCUT2D eigenvalue weighted by Gasteiger charge is 2.20. The maximum Gasteiger partial charge on any atom is 0.175 e. The van der Waals surface area contributed by atoms with Crippen molar-refractivity contribution in [3.8, 4) is 0 Å². The van der Waals surface area contributed by atoms with Crippen LogP contribution in [0.15, 0.2) is 24.3 Å². The standard InChI is InChI=1S/C15H22FN5/c1-15(2,3)17-10-11(9-14-18-20-21(4)19-14)12-7-5-6-8-13(12)16/h5-8,11,17H,9-10H2,1-4H3. The molecule has 0 saturated heterocycles. The monoisotopic (exact) mass is 291 g/mol. The molecule has 21 heavy (non-hydrogen) atoms. The van der Waals surface area contributed by atoms with Crippen molar-refractivity contribution in [3.63, 3.8) is 0 Å². The topological polar surface area (TPSA) is 55.6 Å². The highest BCUT2D eigenvalue weighted by Crippen LogP contribution is 2.22. The molecule has 1 heterocycles. The molecule has 0 bridgehead atoms. The summed E-state index contributed by atoms with van der Waals surface area (Å²) in [4.78, 5) is 1.42. The summed E-state index contributed by atoms with van der Waals surface area (Å²) in [5, 5.41) is 15.5. The van der Waals surface area contributed by atoms with Crippen LogP contribution in [0.2, 0.25) is 0 Å². The van der Waals surface area contributed by atoms with Crippen LogP contribution in [0, 0.1) is 5.82 Å². The van der Waals surface area contributed by atoms with E-state index in [4.69, 9.17) is 0 Å². The maximum atomic E-state index is 14.1. The molecule has 1 N–H and O–H groups in total. The lowest BCUT2D eigenvalue weighted by molar-refractivity contribution is 0.399. The Morgan fingerprint density at radius 3 is 2.57 bits per heavy atom. The molecule has 0 amide bonds. The minimum Gasteiger partial charge on any atom is -0.311 e. The van der Waals surface area contributed by atoms with E-state index in [2.05, 4.69) is 41.5 Å². The van der Waals surface area contributed by atoms with Gasteiger partial charge in [0.1, 0.15) is 5.82 Å². The summed E-state index contributed by atoms with van der Waals surface area (Å²) in [6.45, 7) is 6.92. The highest BCUT2D eigenvalue weighted by atomic mass is 19.1. The third-order valence-electron chi connectivity index (χ3n) is 3.20. The van der Waals surface area contributed by atoms with Crippen molar-refractivity contribution in [3.05, 3.63) is 41.5 Å². The second kappa shape index (κ2) is 6.30. The lowest BCUT2D eigenvalue weighted by Crippen LogP contribution is -2.39. The van der Waals surface area contributed by atoms with E-state index < -0.39 is 0 Å². The number of rotatable bonds is 5. The number of aryl methyl sites for hydroxylation is 1. The van der Waals surface area contributed by atoms with Crippen LogP contribution in [-0.4, -0.2) is 32.3 Å². The summed E-state index contributed by atoms with van der Waals surface area (Å²) < 4.78 is 14.1. The van der Waals surface area contributed by atoms with Crippen molar-refractivity contribution < 1.29 is 4.39 Å². The summed E-state index contributed by atoms with van der Waals surface area (Å²) in [7, 11) is 1.72. The van der Waals surface area contributed by atoms with Crippen LogP contribution in [-0.2, 0) is 13.5 Å². The van der Waals surface area contributed by atoms with E-state index in [1.54, 1.807) is 13.1 Å². The first-order valence-corrected chi connectivity index (χ1v) is 7.07. The first kappa shape index (κ1) is 15.6. The van der Waals surface area contributed by atoms with Crippen molar-refractivity contribution in [2.75, 3.05) is 6.54 Å². The fraction of sp³-hybridized carbons (Fsp3) is 0.533. The van der Waals surface area contributed by atoms with Crippen LogP contribution >= 0.6 is 0 Å². The summed E-state index contributed by atoms with van der Waals surface area (Å²) in [6, 6.07) is 6.87. The molecule has 0 aliphatic heterocycles. The van der Waals surface area contributed by atoms with E-state index in [9.17, 15) is 4.39 Å². The molecule has 2 rings (SSSR count). The van der Waals surface area contributed by atoms with Gasteiger partial charge in [0.05, 0.1) is 7.05 Å². The fourth-order valence-corrected chi connectivity index (χ4v) is 2.15. The largest absolute Gasteiger partial charge is 0.311 e. The number of nitrogens with zero attached hydrogens (tertiary/aromatic N) is 4. The van der Waals surface area contributed by atoms with Gasteiger partial charge in [0.25, 0.3) is 0 Å². The van der Waals surface area contributed by atoms with Crippen molar-refractivity contribution in [2.45, 2.75) is 38.6 Å². The van der Waals surface area contributed by atoms with Gasteiger partial charge in [0.2, 0.25) is 0 Å². The average molecular weight is 291 g/mol. The van der Waals surface area contributed by atoms with Crippen molar-refractivity contribution in [1.82, 2.24) is 25.5 Å². The third kappa shape index (κ3) is 4.60. The lowest BCUT2D eigenvalue weighted by atomic mass is 9.93. The van der Waals surface area contributed by atoms with Crippen LogP contribution in [0.1, 0.15) is 38.1 Å². The third-order valence-corrected chi connectivity index (χ3v) is 3.20. The molecule has 0 radical (unpaired) electrons. The lowest BCUT2D eigenvalue weighted by Gasteiger charge is -2.25. The Hall–Kier alpha value is -1.82. The number of tetrazole rings is 1. The van der Waals surface area contributed by atoms with Crippen molar-refractivity contribution >= 4 is 0 Å². The molecule has 5 nitrogen and oxygen atoms in total. The summed E-state index contributed by atoms with van der Waals surface area (Å²) in [5.74, 6) is 0.401. The molecule has 1 unspecified atom stereocenters. The number of nitrogens with one attached hydrogen (secondary N) is 1. The molecular weight excluding hydrogens is 269 g/mol. The Kier molecular flexibility index (Phi) is 4.67. The smallest absolute Gasteiger partial charge is 0.175 e. The quantitative estimate of drug-likeness (QED) is 0.916. The van der Waals surface area contributed by atoms with Gasteiger partial charge in [-0.15, -0.1) is 10.2 Å². The normalized spacial score (nSPS) is 13.4. The van der Waals surface area contributed by atoms with Gasteiger partial charge < -0.3 is 5.32 Å². The van der Waals surface area contributed by atoms with Gasteiger partial charge in [-0.1, -0.05) is 18.2 Å². The number of aromatic nitrogens is 4. The second-order valence-electron chi connectivity index (χ2n) is 6.25. The molecule has 0 saturated carbocycles. The summed E-state index contributed by atoms with van der Waals surface area (Å²) in [6.07, 6.45) is 0.553. The van der Waals surface area contributed by atoms with Gasteiger partial charge in [-0.2, -0.15) is 4.80 Å². The number of hydrogen-bond donors (Lipinski definition) is 1. The molecule has 2 aromatic rings. The number of hydrogen-bond acceptors (Lipinski definition) is 4. The van der Waals surface area contributed by atoms with E-state index in [1.807, 2.05) is 12.1 Å². The zero-order chi connectivity index (χ0) is 15.5. The SMILES string of the molecule is Cn1nnc(CC(CNC(C)(C)C)c2ccccc2F)n1. The minimum atomic E-state index is -0.193. The van der Waals surface area contributed by atoms with Gasteiger partial charge in [0.15, 0.2) is 5.82 Å². The van der Waals surface area contributed by atoms with Gasteiger partial charge in [-0.3, -0.25) is 0 Å². The first-order chi connectivity index (χ1) is 9.85. The van der Waals surface area contributed by atoms with Crippen LogP contribution in [0.5, 0.6) is 0 Å². The van der Waals surface area contributed by atoms with Crippen molar-refractivity contribution in [1.29, 1.82) is 0 Å². The molecule has 0 fully saturated rings. The second-order valence-corrected chi connectivity index (χ2v) is 6.25. The minimum absolute atomic E-state index is 0.0285. The van der Waals surface area contributed by atoms with E-state index >= 15 is 0 Å². The van der Waals surface area contributed by atoms with Gasteiger partial charge in [-0.25, -0.2) is 4.39 Å². The molecule has 1 aromatic carbocycles. The molecular formula is C15H22FN5. The van der Waals surface area contributed by atoms with E-state index in [0.29, 0.717) is 24.4 Å². The number of benzene rings is 1. The maximum absolute atomic E-state index is 14.1. The van der Waals surface area contributed by atoms with Gasteiger partial charge in [-0.05, 0) is 37.6 Å². The average Bonchev–Trinajstić information content (AvgIpc) is 2.80. The van der Waals surface area contributed by atoms with Crippen LogP contribution in [0.25, 0.3) is 0 Å². The molecule has 0 spiro atoms. The molecule has 1 atom stereocenters. The number of halogens is 1. The predicted molar refractivity (Wildman–Crippen MR) is 79.4 cm³/mol. The molecule has 6 heteroatoms. The Morgan fingerprint density at radius 2 is 2.00 bits per heavy atom. The highest BCUT2D eigenvalue weighted by molar-refractivity contribution is 5.23. The molecule has 0 aliphatic rings. The van der Waals surface area contributed by atoms with E-state index in [0.717, 1.165) is 0 Å². The van der Waals surface area contributed by atoms with Crippen LogP contribution in [0.3, 0.4) is 0 Å². The molecule has 114 valence electrons. The summed E-state index contributed by atoms with van der Waals surface area (Å²) in [5.41, 5.74) is 0.654. The molecule has 1 aromatic heterocycles. The zero-order valence-corrected chi connectivity index (χ0v) is 13.0. The summed E-state index contributed by atoms with van der Waals surface area (Å²) >= 11 is 0. The first-order valence-electron chi connectivity index (χ1n) is 7.07. The Morgan fingerprint density at radius 1 is 1.29 bits per heavy atom. The Balaban J connectivity index is 2.19. The Labute approximate surface area is 124 Å². The van der Waals surface area contributed by atoms with E-state index in [1.165, 1.54) is 10.9 Å². The fourth-order valence-electron chi connectivity index (χ4n) is 2.15. The van der Waals surface area contributed by atoms with Crippen LogP contribution in [0.4, 0.5) is 4.39 Å². The predicted octanol–water partition coefficient (Wildman–Crippen LogP) is 2.06. The van der Waals surface area contributed by atoms with E-state index in [-0.39, 0.29) is 17.3 Å². The van der Waals surface area contributed by atoms with Gasteiger partial charge >= 0.3 is 0 Å². The molecule has 0 aliphatic carbocycles. The van der Waals surface area contributed by atoms with Gasteiger partial charge in [0, 0.05) is 24.4 Å².